The zero-order valence-electron chi connectivity index (χ0n) is 9.92. The first-order valence-electron chi connectivity index (χ1n) is 5.74. The number of pyridine rings is 1. The van der Waals surface area contributed by atoms with Gasteiger partial charge in [-0.05, 0) is 30.0 Å². The molecule has 4 nitrogen and oxygen atoms in total. The summed E-state index contributed by atoms with van der Waals surface area (Å²) in [5, 5.41) is 2.85. The number of methoxy groups -OCH3 is 1. The predicted octanol–water partition coefficient (Wildman–Crippen LogP) is 2.09. The average molecular weight is 260 g/mol. The van der Waals surface area contributed by atoms with Gasteiger partial charge < -0.3 is 4.74 Å². The van der Waals surface area contributed by atoms with Crippen LogP contribution in [0.15, 0.2) is 23.8 Å². The molecule has 0 N–H and O–H groups in total. The van der Waals surface area contributed by atoms with Crippen LogP contribution in [0.5, 0.6) is 0 Å². The fourth-order valence-corrected chi connectivity index (χ4v) is 3.05. The van der Waals surface area contributed by atoms with E-state index in [-0.39, 0.29) is 11.9 Å². The predicted molar refractivity (Wildman–Crippen MR) is 68.3 cm³/mol. The highest BCUT2D eigenvalue weighted by Crippen LogP contribution is 2.34. The molecule has 2 aromatic heterocycles. The second-order valence-corrected chi connectivity index (χ2v) is 5.16. The molecule has 0 aromatic carbocycles. The first-order chi connectivity index (χ1) is 8.79. The van der Waals surface area contributed by atoms with Crippen molar-refractivity contribution in [3.63, 3.8) is 0 Å². The minimum absolute atomic E-state index is 0.0760. The highest BCUT2D eigenvalue weighted by molar-refractivity contribution is 7.13. The minimum atomic E-state index is -0.142. The van der Waals surface area contributed by atoms with E-state index in [9.17, 15) is 4.79 Å². The minimum Gasteiger partial charge on any atom is -0.469 e. The Morgan fingerprint density at radius 1 is 1.39 bits per heavy atom. The fourth-order valence-electron chi connectivity index (χ4n) is 2.39. The van der Waals surface area contributed by atoms with E-state index in [1.807, 2.05) is 11.4 Å². The molecule has 0 amide bonds. The number of thiazole rings is 1. The zero-order chi connectivity index (χ0) is 12.5. The number of carbonyl (C=O) groups is 1. The maximum Gasteiger partial charge on any atom is 0.309 e. The van der Waals surface area contributed by atoms with E-state index in [2.05, 4.69) is 9.97 Å². The Balaban J connectivity index is 1.99. The van der Waals surface area contributed by atoms with E-state index in [4.69, 9.17) is 4.74 Å². The molecule has 2 aromatic rings. The van der Waals surface area contributed by atoms with Crippen molar-refractivity contribution in [2.45, 2.75) is 12.8 Å². The smallest absolute Gasteiger partial charge is 0.309 e. The molecule has 0 saturated carbocycles. The SMILES string of the molecule is COC(=O)C1Cc2ccnc(-c3nccs3)c2C1. The Morgan fingerprint density at radius 3 is 3.00 bits per heavy atom. The maximum absolute atomic E-state index is 11.6. The maximum atomic E-state index is 11.6. The molecular weight excluding hydrogens is 248 g/mol. The van der Waals surface area contributed by atoms with Gasteiger partial charge in [-0.15, -0.1) is 11.3 Å². The van der Waals surface area contributed by atoms with E-state index < -0.39 is 0 Å². The molecule has 0 radical (unpaired) electrons. The summed E-state index contributed by atoms with van der Waals surface area (Å²) in [5.41, 5.74) is 3.24. The Kier molecular flexibility index (Phi) is 2.83. The number of aromatic nitrogens is 2. The molecule has 1 aliphatic carbocycles. The van der Waals surface area contributed by atoms with Gasteiger partial charge in [0.1, 0.15) is 10.7 Å². The molecular formula is C13H12N2O2S. The van der Waals surface area contributed by atoms with Crippen molar-refractivity contribution < 1.29 is 9.53 Å². The molecule has 3 rings (SSSR count). The second-order valence-electron chi connectivity index (χ2n) is 4.26. The Morgan fingerprint density at radius 2 is 2.28 bits per heavy atom. The molecule has 18 heavy (non-hydrogen) atoms. The van der Waals surface area contributed by atoms with Gasteiger partial charge >= 0.3 is 5.97 Å². The van der Waals surface area contributed by atoms with Gasteiger partial charge in [0.25, 0.3) is 0 Å². The summed E-state index contributed by atoms with van der Waals surface area (Å²) in [6, 6.07) is 1.98. The number of hydrogen-bond donors (Lipinski definition) is 0. The molecule has 0 fully saturated rings. The first-order valence-corrected chi connectivity index (χ1v) is 6.62. The first kappa shape index (κ1) is 11.3. The zero-order valence-corrected chi connectivity index (χ0v) is 10.7. The quantitative estimate of drug-likeness (QED) is 0.776. The van der Waals surface area contributed by atoms with Crippen molar-refractivity contribution in [3.8, 4) is 10.7 Å². The number of hydrogen-bond acceptors (Lipinski definition) is 5. The van der Waals surface area contributed by atoms with Crippen LogP contribution in [0.3, 0.4) is 0 Å². The summed E-state index contributed by atoms with van der Waals surface area (Å²) < 4.78 is 4.82. The van der Waals surface area contributed by atoms with Crippen LogP contribution in [0.2, 0.25) is 0 Å². The molecule has 0 bridgehead atoms. The summed E-state index contributed by atoms with van der Waals surface area (Å²) in [6.45, 7) is 0. The third-order valence-corrected chi connectivity index (χ3v) is 4.02. The normalized spacial score (nSPS) is 17.5. The van der Waals surface area contributed by atoms with Gasteiger partial charge in [0.15, 0.2) is 0 Å². The molecule has 0 aliphatic heterocycles. The summed E-state index contributed by atoms with van der Waals surface area (Å²) in [6.07, 6.45) is 5.00. The number of rotatable bonds is 2. The number of ether oxygens (including phenoxy) is 1. The van der Waals surface area contributed by atoms with Gasteiger partial charge in [0, 0.05) is 17.8 Å². The summed E-state index contributed by atoms with van der Waals surface area (Å²) in [4.78, 5) is 20.3. The average Bonchev–Trinajstić information content (AvgIpc) is 3.05. The third-order valence-electron chi connectivity index (χ3n) is 3.24. The van der Waals surface area contributed by atoms with Crippen molar-refractivity contribution in [1.82, 2.24) is 9.97 Å². The van der Waals surface area contributed by atoms with Crippen molar-refractivity contribution >= 4 is 17.3 Å². The Hall–Kier alpha value is -1.75. The van der Waals surface area contributed by atoms with E-state index in [0.29, 0.717) is 6.42 Å². The van der Waals surface area contributed by atoms with Gasteiger partial charge in [-0.2, -0.15) is 0 Å². The van der Waals surface area contributed by atoms with Gasteiger partial charge in [0.2, 0.25) is 0 Å². The fraction of sp³-hybridized carbons (Fsp3) is 0.308. The van der Waals surface area contributed by atoms with Crippen LogP contribution in [0, 0.1) is 5.92 Å². The highest BCUT2D eigenvalue weighted by atomic mass is 32.1. The molecule has 0 spiro atoms. The standard InChI is InChI=1S/C13H12N2O2S/c1-17-13(16)9-6-8-2-3-14-11(10(8)7-9)12-15-4-5-18-12/h2-5,9H,6-7H2,1H3. The highest BCUT2D eigenvalue weighted by Gasteiger charge is 2.30. The lowest BCUT2D eigenvalue weighted by atomic mass is 10.1. The summed E-state index contributed by atoms with van der Waals surface area (Å²) in [7, 11) is 1.44. The lowest BCUT2D eigenvalue weighted by Gasteiger charge is -2.05. The largest absolute Gasteiger partial charge is 0.469 e. The Bertz CT molecular complexity index is 581. The molecule has 2 heterocycles. The summed E-state index contributed by atoms with van der Waals surface area (Å²) >= 11 is 1.57. The molecule has 1 unspecified atom stereocenters. The molecule has 1 aliphatic rings. The lowest BCUT2D eigenvalue weighted by Crippen LogP contribution is -2.16. The van der Waals surface area contributed by atoms with E-state index in [0.717, 1.165) is 22.7 Å². The lowest BCUT2D eigenvalue weighted by molar-refractivity contribution is -0.145. The van der Waals surface area contributed by atoms with Crippen molar-refractivity contribution in [2.75, 3.05) is 7.11 Å². The summed E-state index contributed by atoms with van der Waals surface area (Å²) in [5.74, 6) is -0.218. The van der Waals surface area contributed by atoms with Crippen LogP contribution in [-0.4, -0.2) is 23.0 Å². The van der Waals surface area contributed by atoms with Crippen LogP contribution >= 0.6 is 11.3 Å². The van der Waals surface area contributed by atoms with Crippen LogP contribution in [0.1, 0.15) is 11.1 Å². The molecule has 0 saturated heterocycles. The second kappa shape index (κ2) is 4.49. The van der Waals surface area contributed by atoms with Gasteiger partial charge in [-0.25, -0.2) is 4.98 Å². The van der Waals surface area contributed by atoms with Gasteiger partial charge in [0.05, 0.1) is 13.0 Å². The van der Waals surface area contributed by atoms with E-state index in [1.165, 1.54) is 12.7 Å². The van der Waals surface area contributed by atoms with E-state index in [1.54, 1.807) is 23.7 Å². The van der Waals surface area contributed by atoms with Crippen LogP contribution in [0.25, 0.3) is 10.7 Å². The topological polar surface area (TPSA) is 52.1 Å². The van der Waals surface area contributed by atoms with Crippen LogP contribution < -0.4 is 0 Å². The van der Waals surface area contributed by atoms with E-state index >= 15 is 0 Å². The van der Waals surface area contributed by atoms with Crippen molar-refractivity contribution in [3.05, 3.63) is 35.0 Å². The van der Waals surface area contributed by atoms with Crippen molar-refractivity contribution in [1.29, 1.82) is 0 Å². The van der Waals surface area contributed by atoms with Gasteiger partial charge in [-0.1, -0.05) is 0 Å². The third kappa shape index (κ3) is 1.80. The monoisotopic (exact) mass is 260 g/mol. The number of esters is 1. The molecule has 5 heteroatoms. The van der Waals surface area contributed by atoms with Crippen LogP contribution in [-0.2, 0) is 22.4 Å². The Labute approximate surface area is 109 Å². The number of fused-ring (bicyclic) bond motifs is 1. The number of carbonyl (C=O) groups excluding carboxylic acids is 1. The van der Waals surface area contributed by atoms with Crippen molar-refractivity contribution in [2.24, 2.45) is 5.92 Å². The molecule has 92 valence electrons. The van der Waals surface area contributed by atoms with Gasteiger partial charge in [-0.3, -0.25) is 9.78 Å². The molecule has 1 atom stereocenters. The van der Waals surface area contributed by atoms with Crippen LogP contribution in [0.4, 0.5) is 0 Å². The number of nitrogens with zero attached hydrogens (tertiary/aromatic N) is 2.